The van der Waals surface area contributed by atoms with Gasteiger partial charge in [0.2, 0.25) is 5.88 Å². The van der Waals surface area contributed by atoms with E-state index < -0.39 is 40.5 Å². The molecule has 13 heteroatoms. The van der Waals surface area contributed by atoms with E-state index in [-0.39, 0.29) is 16.5 Å². The molecule has 2 aromatic rings. The molecule has 1 fully saturated rings. The summed E-state index contributed by atoms with van der Waals surface area (Å²) in [5.41, 5.74) is -0.763. The van der Waals surface area contributed by atoms with Crippen molar-refractivity contribution in [3.8, 4) is 11.6 Å². The highest BCUT2D eigenvalue weighted by Gasteiger charge is 2.52. The zero-order valence-electron chi connectivity index (χ0n) is 18.0. The molecule has 1 aromatic heterocycles. The van der Waals surface area contributed by atoms with Crippen molar-refractivity contribution in [2.24, 2.45) is 0 Å². The normalized spacial score (nSPS) is 17.8. The quantitative estimate of drug-likeness (QED) is 0.643. The van der Waals surface area contributed by atoms with Gasteiger partial charge in [-0.05, 0) is 58.0 Å². The lowest BCUT2D eigenvalue weighted by Crippen LogP contribution is -2.41. The molecule has 1 aliphatic rings. The van der Waals surface area contributed by atoms with Crippen molar-refractivity contribution in [1.82, 2.24) is 4.98 Å². The van der Waals surface area contributed by atoms with Gasteiger partial charge in [-0.3, -0.25) is 4.72 Å². The third-order valence-corrected chi connectivity index (χ3v) is 6.58. The maximum absolute atomic E-state index is 12.8. The van der Waals surface area contributed by atoms with E-state index in [0.717, 1.165) is 24.3 Å². The molecular weight excluding hydrogens is 452 g/mol. The van der Waals surface area contributed by atoms with Gasteiger partial charge in [0.1, 0.15) is 11.4 Å². The molecule has 2 heterocycles. The zero-order valence-corrected chi connectivity index (χ0v) is 18.8. The van der Waals surface area contributed by atoms with Gasteiger partial charge >= 0.3 is 13.5 Å². The number of methoxy groups -OCH3 is 1. The third kappa shape index (κ3) is 5.10. The number of sulfonamides is 1. The first-order valence-electron chi connectivity index (χ1n) is 9.42. The van der Waals surface area contributed by atoms with Gasteiger partial charge in [-0.2, -0.15) is 0 Å². The van der Waals surface area contributed by atoms with E-state index in [0.29, 0.717) is 5.46 Å². The first kappa shape index (κ1) is 24.1. The van der Waals surface area contributed by atoms with Crippen molar-refractivity contribution in [3.05, 3.63) is 36.5 Å². The lowest BCUT2D eigenvalue weighted by atomic mass is 9.80. The van der Waals surface area contributed by atoms with Gasteiger partial charge in [0.25, 0.3) is 10.0 Å². The monoisotopic (exact) mass is 474 g/mol. The fraction of sp³-hybridized carbons (Fsp3) is 0.421. The summed E-state index contributed by atoms with van der Waals surface area (Å²) in [7, 11) is -3.65. The van der Waals surface area contributed by atoms with E-state index in [1.54, 1.807) is 0 Å². The maximum atomic E-state index is 12.8. The second kappa shape index (κ2) is 8.12. The summed E-state index contributed by atoms with van der Waals surface area (Å²) in [5, 5.41) is 0. The van der Waals surface area contributed by atoms with Crippen LogP contribution in [0.2, 0.25) is 0 Å². The standard InChI is InChI=1S/C19H22BF3N2O6S/c1-17(2)18(3,4)31-20(30-17)12-10-15(16(28-5)24-11-12)25-32(26,27)14-8-6-13(7-9-14)29-19(21,22)23/h6-11,25H,1-5H3. The van der Waals surface area contributed by atoms with Crippen LogP contribution in [0, 0.1) is 0 Å². The predicted octanol–water partition coefficient (Wildman–Crippen LogP) is 3.09. The fourth-order valence-corrected chi connectivity index (χ4v) is 3.88. The molecule has 0 amide bonds. The number of ether oxygens (including phenoxy) is 2. The van der Waals surface area contributed by atoms with Crippen molar-refractivity contribution in [1.29, 1.82) is 0 Å². The molecular formula is C19H22BF3N2O6S. The van der Waals surface area contributed by atoms with Crippen LogP contribution < -0.4 is 19.7 Å². The number of rotatable bonds is 6. The largest absolute Gasteiger partial charge is 0.573 e. The number of pyridine rings is 1. The van der Waals surface area contributed by atoms with Crippen LogP contribution in [0.25, 0.3) is 0 Å². The topological polar surface area (TPSA) is 96.0 Å². The van der Waals surface area contributed by atoms with Crippen LogP contribution >= 0.6 is 0 Å². The number of nitrogens with one attached hydrogen (secondary N) is 1. The number of halogens is 3. The Morgan fingerprint density at radius 2 is 1.62 bits per heavy atom. The molecule has 1 N–H and O–H groups in total. The summed E-state index contributed by atoms with van der Waals surface area (Å²) in [4.78, 5) is 3.83. The summed E-state index contributed by atoms with van der Waals surface area (Å²) in [6.45, 7) is 7.50. The van der Waals surface area contributed by atoms with Crippen LogP contribution in [-0.4, -0.2) is 45.2 Å². The molecule has 0 aliphatic carbocycles. The summed E-state index contributed by atoms with van der Waals surface area (Å²) >= 11 is 0. The van der Waals surface area contributed by atoms with Gasteiger partial charge in [0, 0.05) is 11.7 Å². The number of anilines is 1. The van der Waals surface area contributed by atoms with E-state index in [2.05, 4.69) is 14.4 Å². The number of hydrogen-bond donors (Lipinski definition) is 1. The Morgan fingerprint density at radius 1 is 1.06 bits per heavy atom. The number of nitrogens with zero attached hydrogens (tertiary/aromatic N) is 1. The van der Waals surface area contributed by atoms with Crippen molar-refractivity contribution in [3.63, 3.8) is 0 Å². The van der Waals surface area contributed by atoms with Gasteiger partial charge in [0.05, 0.1) is 23.2 Å². The SMILES string of the molecule is COc1ncc(B2OC(C)(C)C(C)(C)O2)cc1NS(=O)(=O)c1ccc(OC(F)(F)F)cc1. The molecule has 1 saturated heterocycles. The van der Waals surface area contributed by atoms with Crippen LogP contribution in [0.3, 0.4) is 0 Å². The molecule has 0 saturated carbocycles. The summed E-state index contributed by atoms with van der Waals surface area (Å²) in [6.07, 6.45) is -3.44. The molecule has 8 nitrogen and oxygen atoms in total. The highest BCUT2D eigenvalue weighted by atomic mass is 32.2. The minimum absolute atomic E-state index is 0.00846. The summed E-state index contributed by atoms with van der Waals surface area (Å²) in [6, 6.07) is 5.24. The second-order valence-corrected chi connectivity index (χ2v) is 9.72. The third-order valence-electron chi connectivity index (χ3n) is 5.20. The fourth-order valence-electron chi connectivity index (χ4n) is 2.84. The lowest BCUT2D eigenvalue weighted by molar-refractivity contribution is -0.274. The Morgan fingerprint density at radius 3 is 2.12 bits per heavy atom. The Kier molecular flexibility index (Phi) is 6.13. The van der Waals surface area contributed by atoms with E-state index >= 15 is 0 Å². The van der Waals surface area contributed by atoms with Crippen LogP contribution in [0.1, 0.15) is 27.7 Å². The average molecular weight is 474 g/mol. The lowest BCUT2D eigenvalue weighted by Gasteiger charge is -2.32. The highest BCUT2D eigenvalue weighted by molar-refractivity contribution is 7.92. The molecule has 0 spiro atoms. The average Bonchev–Trinajstić information content (AvgIpc) is 2.88. The number of alkyl halides is 3. The van der Waals surface area contributed by atoms with Crippen molar-refractivity contribution >= 4 is 28.3 Å². The van der Waals surface area contributed by atoms with Crippen LogP contribution in [-0.2, 0) is 19.3 Å². The zero-order chi connectivity index (χ0) is 23.9. The Bertz CT molecular complexity index is 1080. The first-order chi connectivity index (χ1) is 14.6. The molecule has 0 unspecified atom stereocenters. The molecule has 3 rings (SSSR count). The van der Waals surface area contributed by atoms with Gasteiger partial charge in [-0.15, -0.1) is 13.2 Å². The summed E-state index contributed by atoms with van der Waals surface area (Å²) < 4.78 is 85.7. The first-order valence-corrected chi connectivity index (χ1v) is 10.9. The Balaban J connectivity index is 1.87. The second-order valence-electron chi connectivity index (χ2n) is 8.04. The van der Waals surface area contributed by atoms with E-state index in [4.69, 9.17) is 14.0 Å². The molecule has 0 radical (unpaired) electrons. The van der Waals surface area contributed by atoms with Gasteiger partial charge < -0.3 is 18.8 Å². The van der Waals surface area contributed by atoms with Gasteiger partial charge in [-0.1, -0.05) is 0 Å². The van der Waals surface area contributed by atoms with E-state index in [1.807, 2.05) is 27.7 Å². The maximum Gasteiger partial charge on any atom is 0.573 e. The van der Waals surface area contributed by atoms with Crippen molar-refractivity contribution in [2.45, 2.75) is 50.2 Å². The molecule has 174 valence electrons. The van der Waals surface area contributed by atoms with E-state index in [1.165, 1.54) is 19.4 Å². The molecule has 0 atom stereocenters. The van der Waals surface area contributed by atoms with Gasteiger partial charge in [0.15, 0.2) is 0 Å². The Labute approximate surface area is 184 Å². The Hall–Kier alpha value is -2.51. The number of hydrogen-bond acceptors (Lipinski definition) is 7. The summed E-state index contributed by atoms with van der Waals surface area (Å²) in [5.74, 6) is -0.552. The molecule has 0 bridgehead atoms. The van der Waals surface area contributed by atoms with Crippen LogP contribution in [0.15, 0.2) is 41.4 Å². The van der Waals surface area contributed by atoms with Crippen LogP contribution in [0.5, 0.6) is 11.6 Å². The van der Waals surface area contributed by atoms with E-state index in [9.17, 15) is 21.6 Å². The van der Waals surface area contributed by atoms with Crippen LogP contribution in [0.4, 0.5) is 18.9 Å². The van der Waals surface area contributed by atoms with Gasteiger partial charge in [-0.25, -0.2) is 13.4 Å². The van der Waals surface area contributed by atoms with Crippen molar-refractivity contribution in [2.75, 3.05) is 11.8 Å². The highest BCUT2D eigenvalue weighted by Crippen LogP contribution is 2.37. The molecule has 1 aromatic carbocycles. The predicted molar refractivity (Wildman–Crippen MR) is 110 cm³/mol. The number of aromatic nitrogens is 1. The molecule has 1 aliphatic heterocycles. The van der Waals surface area contributed by atoms with Crippen molar-refractivity contribution < 1.29 is 40.4 Å². The smallest absolute Gasteiger partial charge is 0.480 e. The minimum Gasteiger partial charge on any atom is -0.480 e. The number of benzene rings is 1. The molecule has 32 heavy (non-hydrogen) atoms. The minimum atomic E-state index is -4.88.